The van der Waals surface area contributed by atoms with Gasteiger partial charge in [0.25, 0.3) is 15.9 Å². The van der Waals surface area contributed by atoms with Gasteiger partial charge in [-0.25, -0.2) is 0 Å². The smallest absolute Gasteiger partial charge is 0.284 e. The lowest BCUT2D eigenvalue weighted by Crippen LogP contribution is -2.29. The highest BCUT2D eigenvalue weighted by molar-refractivity contribution is 8.19. The number of hydrogen-bond acceptors (Lipinski definition) is 5. The Kier molecular flexibility index (Phi) is 5.67. The molecule has 27 heavy (non-hydrogen) atoms. The van der Waals surface area contributed by atoms with Crippen LogP contribution in [0.5, 0.6) is 0 Å². The summed E-state index contributed by atoms with van der Waals surface area (Å²) in [6.07, 6.45) is 5.39. The lowest BCUT2D eigenvalue weighted by Gasteiger charge is -2.12. The molecule has 1 aliphatic rings. The van der Waals surface area contributed by atoms with Crippen molar-refractivity contribution in [2.45, 2.75) is 18.2 Å². The first-order chi connectivity index (χ1) is 12.9. The highest BCUT2D eigenvalue weighted by Crippen LogP contribution is 2.33. The van der Waals surface area contributed by atoms with Crippen LogP contribution in [0.1, 0.15) is 18.2 Å². The average molecular weight is 402 g/mol. The number of rotatable bonds is 6. The highest BCUT2D eigenvalue weighted by atomic mass is 32.2. The Morgan fingerprint density at radius 1 is 1.26 bits per heavy atom. The Bertz CT molecular complexity index is 1000. The Labute approximate surface area is 162 Å². The molecule has 0 N–H and O–H groups in total. The Morgan fingerprint density at radius 3 is 2.59 bits per heavy atom. The fourth-order valence-electron chi connectivity index (χ4n) is 2.42. The van der Waals surface area contributed by atoms with Gasteiger partial charge in [-0.1, -0.05) is 25.1 Å². The number of furan rings is 1. The molecule has 8 heteroatoms. The van der Waals surface area contributed by atoms with E-state index in [1.807, 2.05) is 6.92 Å². The van der Waals surface area contributed by atoms with Crippen molar-refractivity contribution < 1.29 is 17.6 Å². The molecule has 140 valence electrons. The predicted molar refractivity (Wildman–Crippen MR) is 107 cm³/mol. The summed E-state index contributed by atoms with van der Waals surface area (Å²) in [5.74, 6) is 0.162. The molecule has 1 amide bonds. The van der Waals surface area contributed by atoms with Gasteiger partial charge in [-0.3, -0.25) is 9.69 Å². The first-order valence-corrected chi connectivity index (χ1v) is 10.5. The minimum absolute atomic E-state index is 0.0854. The monoisotopic (exact) mass is 402 g/mol. The summed E-state index contributed by atoms with van der Waals surface area (Å²) < 4.78 is 34.5. The van der Waals surface area contributed by atoms with Crippen LogP contribution >= 0.6 is 11.8 Å². The lowest BCUT2D eigenvalue weighted by molar-refractivity contribution is -0.121. The minimum atomic E-state index is -3.94. The number of sulfonamides is 1. The quantitative estimate of drug-likeness (QED) is 0.544. The molecule has 3 rings (SSSR count). The topological polar surface area (TPSA) is 80.0 Å². The van der Waals surface area contributed by atoms with Gasteiger partial charge in [0.15, 0.2) is 5.17 Å². The number of benzene rings is 1. The molecule has 1 aliphatic heterocycles. The van der Waals surface area contributed by atoms with E-state index in [1.54, 1.807) is 30.3 Å². The number of carbonyl (C=O) groups is 1. The van der Waals surface area contributed by atoms with Crippen LogP contribution in [0, 0.1) is 0 Å². The number of thioether (sulfide) groups is 1. The van der Waals surface area contributed by atoms with E-state index in [1.165, 1.54) is 29.4 Å². The first kappa shape index (κ1) is 19.2. The van der Waals surface area contributed by atoms with E-state index in [0.29, 0.717) is 10.7 Å². The normalized spacial score (nSPS) is 17.8. The number of nitrogens with zero attached hydrogens (tertiary/aromatic N) is 2. The molecular weight excluding hydrogens is 384 g/mol. The van der Waals surface area contributed by atoms with Gasteiger partial charge in [-0.05, 0) is 48.0 Å². The maximum absolute atomic E-state index is 12.7. The summed E-state index contributed by atoms with van der Waals surface area (Å²) >= 11 is 0.995. The van der Waals surface area contributed by atoms with Gasteiger partial charge in [0, 0.05) is 12.6 Å². The number of aryl methyl sites for hydroxylation is 1. The third-order valence-electron chi connectivity index (χ3n) is 3.84. The maximum atomic E-state index is 12.7. The van der Waals surface area contributed by atoms with Crippen LogP contribution in [0.4, 0.5) is 0 Å². The largest absolute Gasteiger partial charge is 0.465 e. The van der Waals surface area contributed by atoms with Gasteiger partial charge in [0.2, 0.25) is 0 Å². The highest BCUT2D eigenvalue weighted by Gasteiger charge is 2.34. The van der Waals surface area contributed by atoms with Crippen LogP contribution < -0.4 is 0 Å². The van der Waals surface area contributed by atoms with Crippen molar-refractivity contribution in [2.24, 2.45) is 4.40 Å². The van der Waals surface area contributed by atoms with Crippen LogP contribution in [0.2, 0.25) is 0 Å². The van der Waals surface area contributed by atoms with Crippen molar-refractivity contribution in [1.82, 2.24) is 4.90 Å². The van der Waals surface area contributed by atoms with E-state index in [-0.39, 0.29) is 22.5 Å². The second-order valence-corrected chi connectivity index (χ2v) is 8.29. The standard InChI is InChI=1S/C19H18N2O4S2/c1-3-11-21-18(22)17(13-15-6-5-12-25-15)26-19(21)20-27(23,24)16-9-7-14(4-2)8-10-16/h3,5-10,12-13H,1,4,11H2,2H3/b17-13-,20-19+. The Morgan fingerprint density at radius 2 is 2.00 bits per heavy atom. The van der Waals surface area contributed by atoms with Gasteiger partial charge in [0.05, 0.1) is 16.1 Å². The number of hydrogen-bond donors (Lipinski definition) is 0. The zero-order valence-corrected chi connectivity index (χ0v) is 16.3. The van der Waals surface area contributed by atoms with E-state index in [4.69, 9.17) is 4.42 Å². The molecule has 1 fully saturated rings. The number of amidine groups is 1. The molecule has 1 aromatic carbocycles. The molecule has 0 radical (unpaired) electrons. The molecule has 2 heterocycles. The van der Waals surface area contributed by atoms with Crippen molar-refractivity contribution in [2.75, 3.05) is 6.54 Å². The Balaban J connectivity index is 1.96. The van der Waals surface area contributed by atoms with Crippen molar-refractivity contribution in [3.05, 3.63) is 71.5 Å². The van der Waals surface area contributed by atoms with Gasteiger partial charge in [-0.2, -0.15) is 8.42 Å². The van der Waals surface area contributed by atoms with Gasteiger partial charge >= 0.3 is 0 Å². The van der Waals surface area contributed by atoms with E-state index in [2.05, 4.69) is 11.0 Å². The third-order valence-corrected chi connectivity index (χ3v) is 6.25. The number of amides is 1. The zero-order chi connectivity index (χ0) is 19.4. The molecule has 0 atom stereocenters. The molecule has 0 saturated carbocycles. The molecular formula is C19H18N2O4S2. The van der Waals surface area contributed by atoms with Crippen LogP contribution in [0.25, 0.3) is 6.08 Å². The average Bonchev–Trinajstić information content (AvgIpc) is 3.26. The van der Waals surface area contributed by atoms with E-state index in [9.17, 15) is 13.2 Å². The molecule has 0 aliphatic carbocycles. The van der Waals surface area contributed by atoms with Crippen molar-refractivity contribution in [3.8, 4) is 0 Å². The lowest BCUT2D eigenvalue weighted by atomic mass is 10.2. The summed E-state index contributed by atoms with van der Waals surface area (Å²) in [4.78, 5) is 14.3. The first-order valence-electron chi connectivity index (χ1n) is 8.24. The zero-order valence-electron chi connectivity index (χ0n) is 14.7. The summed E-state index contributed by atoms with van der Waals surface area (Å²) in [6.45, 7) is 5.77. The summed E-state index contributed by atoms with van der Waals surface area (Å²) in [5, 5.41) is 0.0947. The molecule has 0 unspecified atom stereocenters. The minimum Gasteiger partial charge on any atom is -0.465 e. The number of carbonyl (C=O) groups excluding carboxylic acids is 1. The molecule has 0 spiro atoms. The summed E-state index contributed by atoms with van der Waals surface area (Å²) in [7, 11) is -3.94. The van der Waals surface area contributed by atoms with Gasteiger partial charge < -0.3 is 4.42 Å². The summed E-state index contributed by atoms with van der Waals surface area (Å²) in [5.41, 5.74) is 1.03. The van der Waals surface area contributed by atoms with Gasteiger partial charge in [-0.15, -0.1) is 11.0 Å². The summed E-state index contributed by atoms with van der Waals surface area (Å²) in [6, 6.07) is 9.97. The van der Waals surface area contributed by atoms with Crippen LogP contribution in [0.3, 0.4) is 0 Å². The van der Waals surface area contributed by atoms with Crippen molar-refractivity contribution >= 4 is 38.9 Å². The van der Waals surface area contributed by atoms with Crippen molar-refractivity contribution in [1.29, 1.82) is 0 Å². The van der Waals surface area contributed by atoms with Crippen LogP contribution in [-0.2, 0) is 21.2 Å². The van der Waals surface area contributed by atoms with Crippen molar-refractivity contribution in [3.63, 3.8) is 0 Å². The Hall–Kier alpha value is -2.58. The van der Waals surface area contributed by atoms with Crippen LogP contribution in [0.15, 0.2) is 73.9 Å². The predicted octanol–water partition coefficient (Wildman–Crippen LogP) is 3.69. The molecule has 0 bridgehead atoms. The SMILES string of the molecule is C=CCN1C(=O)/C(=C/c2ccco2)S/C1=N/S(=O)(=O)c1ccc(CC)cc1. The third kappa shape index (κ3) is 4.23. The second kappa shape index (κ2) is 7.98. The fraction of sp³-hybridized carbons (Fsp3) is 0.158. The molecule has 6 nitrogen and oxygen atoms in total. The molecule has 1 aromatic heterocycles. The maximum Gasteiger partial charge on any atom is 0.284 e. The van der Waals surface area contributed by atoms with E-state index < -0.39 is 10.0 Å². The van der Waals surface area contributed by atoms with Gasteiger partial charge in [0.1, 0.15) is 5.76 Å². The fourth-order valence-corrected chi connectivity index (χ4v) is 4.59. The molecule has 1 saturated heterocycles. The van der Waals surface area contributed by atoms with Crippen LogP contribution in [-0.4, -0.2) is 30.9 Å². The molecule has 2 aromatic rings. The van der Waals surface area contributed by atoms with E-state index >= 15 is 0 Å². The second-order valence-electron chi connectivity index (χ2n) is 5.68. The van der Waals surface area contributed by atoms with E-state index in [0.717, 1.165) is 23.7 Å².